The van der Waals surface area contributed by atoms with Crippen LogP contribution in [0.15, 0.2) is 91.0 Å². The number of carbonyl (C=O) groups is 2. The van der Waals surface area contributed by atoms with E-state index in [-0.39, 0.29) is 0 Å². The molecule has 0 aromatic heterocycles. The molecule has 0 bridgehead atoms. The van der Waals surface area contributed by atoms with Crippen LogP contribution >= 0.6 is 0 Å². The molecular formula is C24H20F3N3O2. The maximum atomic E-state index is 12.9. The summed E-state index contributed by atoms with van der Waals surface area (Å²) in [7, 11) is 0. The Morgan fingerprint density at radius 1 is 0.812 bits per heavy atom. The highest BCUT2D eigenvalue weighted by molar-refractivity contribution is 5.91. The van der Waals surface area contributed by atoms with Gasteiger partial charge in [0.1, 0.15) is 6.04 Å². The predicted octanol–water partition coefficient (Wildman–Crippen LogP) is 3.37. The summed E-state index contributed by atoms with van der Waals surface area (Å²) in [4.78, 5) is 24.3. The van der Waals surface area contributed by atoms with E-state index >= 15 is 0 Å². The van der Waals surface area contributed by atoms with E-state index < -0.39 is 36.1 Å². The Morgan fingerprint density at radius 2 is 1.22 bits per heavy atom. The summed E-state index contributed by atoms with van der Waals surface area (Å²) < 4.78 is 38.8. The summed E-state index contributed by atoms with van der Waals surface area (Å²) in [6, 6.07) is 26.9. The van der Waals surface area contributed by atoms with Gasteiger partial charge in [-0.3, -0.25) is 20.3 Å². The number of alkyl halides is 3. The number of hydrogen-bond acceptors (Lipinski definition) is 3. The van der Waals surface area contributed by atoms with Crippen LogP contribution in [0.1, 0.15) is 16.7 Å². The van der Waals surface area contributed by atoms with Crippen molar-refractivity contribution >= 4 is 11.8 Å². The van der Waals surface area contributed by atoms with E-state index in [1.807, 2.05) is 96.4 Å². The average Bonchev–Trinajstić information content (AvgIpc) is 3.18. The van der Waals surface area contributed by atoms with E-state index in [0.717, 1.165) is 16.7 Å². The SMILES string of the molecule is O=C1NN(C(=O)C(F)(F)F)CC1NC(c1ccccc1)(c1ccccc1)c1ccccc1. The molecule has 0 aliphatic carbocycles. The lowest BCUT2D eigenvalue weighted by Crippen LogP contribution is -2.53. The van der Waals surface area contributed by atoms with Gasteiger partial charge in [0.15, 0.2) is 0 Å². The molecule has 0 radical (unpaired) electrons. The Kier molecular flexibility index (Phi) is 5.71. The Morgan fingerprint density at radius 3 is 1.59 bits per heavy atom. The molecule has 1 fully saturated rings. The number of carbonyl (C=O) groups excluding carboxylic acids is 2. The predicted molar refractivity (Wildman–Crippen MR) is 112 cm³/mol. The number of benzene rings is 3. The number of hydrazine groups is 1. The summed E-state index contributed by atoms with van der Waals surface area (Å²) >= 11 is 0. The molecule has 32 heavy (non-hydrogen) atoms. The Labute approximate surface area is 182 Å². The van der Waals surface area contributed by atoms with Crippen LogP contribution < -0.4 is 10.7 Å². The zero-order chi connectivity index (χ0) is 22.8. The van der Waals surface area contributed by atoms with E-state index in [4.69, 9.17) is 0 Å². The molecule has 0 saturated carbocycles. The first-order valence-corrected chi connectivity index (χ1v) is 9.96. The number of hydrogen-bond donors (Lipinski definition) is 2. The molecule has 5 nitrogen and oxygen atoms in total. The molecule has 1 aliphatic heterocycles. The third-order valence-electron chi connectivity index (χ3n) is 5.43. The van der Waals surface area contributed by atoms with Crippen LogP contribution in [0.4, 0.5) is 13.2 Å². The zero-order valence-electron chi connectivity index (χ0n) is 16.8. The van der Waals surface area contributed by atoms with E-state index in [1.54, 1.807) is 0 Å². The van der Waals surface area contributed by atoms with Gasteiger partial charge >= 0.3 is 12.1 Å². The number of amides is 2. The average molecular weight is 439 g/mol. The first-order chi connectivity index (χ1) is 15.3. The Balaban J connectivity index is 1.82. The highest BCUT2D eigenvalue weighted by atomic mass is 19.4. The summed E-state index contributed by atoms with van der Waals surface area (Å²) in [5.41, 5.74) is 3.39. The van der Waals surface area contributed by atoms with Crippen molar-refractivity contribution < 1.29 is 22.8 Å². The third-order valence-corrected chi connectivity index (χ3v) is 5.43. The lowest BCUT2D eigenvalue weighted by Gasteiger charge is -2.38. The van der Waals surface area contributed by atoms with Gasteiger partial charge in [-0.1, -0.05) is 91.0 Å². The molecule has 0 spiro atoms. The summed E-state index contributed by atoms with van der Waals surface area (Å²) in [6.45, 7) is -0.467. The molecule has 1 saturated heterocycles. The van der Waals surface area contributed by atoms with Crippen LogP contribution in [0.5, 0.6) is 0 Å². The second kappa shape index (κ2) is 8.47. The Bertz CT molecular complexity index is 993. The second-order valence-electron chi connectivity index (χ2n) is 7.43. The van der Waals surface area contributed by atoms with Crippen molar-refractivity contribution in [3.8, 4) is 0 Å². The fraction of sp³-hybridized carbons (Fsp3) is 0.167. The van der Waals surface area contributed by atoms with Gasteiger partial charge < -0.3 is 0 Å². The molecule has 2 N–H and O–H groups in total. The highest BCUT2D eigenvalue weighted by Gasteiger charge is 2.49. The molecule has 2 amide bonds. The van der Waals surface area contributed by atoms with Crippen molar-refractivity contribution in [2.24, 2.45) is 0 Å². The van der Waals surface area contributed by atoms with Gasteiger partial charge in [-0.05, 0) is 16.7 Å². The number of halogens is 3. The van der Waals surface area contributed by atoms with Gasteiger partial charge in [0.25, 0.3) is 5.91 Å². The van der Waals surface area contributed by atoms with E-state index in [2.05, 4.69) is 5.32 Å². The molecule has 1 unspecified atom stereocenters. The van der Waals surface area contributed by atoms with E-state index in [9.17, 15) is 22.8 Å². The monoisotopic (exact) mass is 439 g/mol. The third kappa shape index (κ3) is 3.97. The van der Waals surface area contributed by atoms with Crippen molar-refractivity contribution in [2.75, 3.05) is 6.54 Å². The molecule has 3 aromatic carbocycles. The molecule has 3 aromatic rings. The standard InChI is InChI=1S/C24H20F3N3O2/c25-24(26,27)22(32)30-16-20(21(31)29-30)28-23(17-10-4-1-5-11-17,18-12-6-2-7-13-18)19-14-8-3-9-15-19/h1-15,20,28H,16H2,(H,29,31). The zero-order valence-corrected chi connectivity index (χ0v) is 16.8. The second-order valence-corrected chi connectivity index (χ2v) is 7.43. The Hall–Kier alpha value is -3.65. The fourth-order valence-electron chi connectivity index (χ4n) is 4.00. The van der Waals surface area contributed by atoms with Crippen molar-refractivity contribution in [3.63, 3.8) is 0 Å². The first-order valence-electron chi connectivity index (χ1n) is 9.96. The van der Waals surface area contributed by atoms with Gasteiger partial charge in [-0.25, -0.2) is 5.01 Å². The summed E-state index contributed by atoms with van der Waals surface area (Å²) in [5.74, 6) is -2.82. The molecular weight excluding hydrogens is 419 g/mol. The maximum absolute atomic E-state index is 12.9. The minimum atomic E-state index is -5.09. The van der Waals surface area contributed by atoms with Crippen LogP contribution in [0.2, 0.25) is 0 Å². The number of nitrogens with one attached hydrogen (secondary N) is 2. The van der Waals surface area contributed by atoms with Gasteiger partial charge in [-0.15, -0.1) is 0 Å². The van der Waals surface area contributed by atoms with Gasteiger partial charge in [0.2, 0.25) is 0 Å². The molecule has 1 heterocycles. The van der Waals surface area contributed by atoms with Crippen molar-refractivity contribution in [3.05, 3.63) is 108 Å². The minimum absolute atomic E-state index is 0.311. The van der Waals surface area contributed by atoms with Crippen molar-refractivity contribution in [2.45, 2.75) is 17.8 Å². The van der Waals surface area contributed by atoms with Crippen LogP contribution in [0.25, 0.3) is 0 Å². The summed E-state index contributed by atoms with van der Waals surface area (Å²) in [5, 5.41) is 3.60. The molecule has 164 valence electrons. The molecule has 1 atom stereocenters. The fourth-order valence-corrected chi connectivity index (χ4v) is 4.00. The number of rotatable bonds is 5. The lowest BCUT2D eigenvalue weighted by molar-refractivity contribution is -0.187. The molecule has 4 rings (SSSR count). The normalized spacial score (nSPS) is 16.7. The van der Waals surface area contributed by atoms with Crippen molar-refractivity contribution in [1.82, 2.24) is 15.8 Å². The summed E-state index contributed by atoms with van der Waals surface area (Å²) in [6.07, 6.45) is -5.09. The number of nitrogens with zero attached hydrogens (tertiary/aromatic N) is 1. The highest BCUT2D eigenvalue weighted by Crippen LogP contribution is 2.37. The largest absolute Gasteiger partial charge is 0.473 e. The smallest absolute Gasteiger partial charge is 0.287 e. The van der Waals surface area contributed by atoms with Crippen LogP contribution in [0.3, 0.4) is 0 Å². The molecule has 1 aliphatic rings. The lowest BCUT2D eigenvalue weighted by atomic mass is 9.76. The maximum Gasteiger partial charge on any atom is 0.473 e. The van der Waals surface area contributed by atoms with Crippen molar-refractivity contribution in [1.29, 1.82) is 0 Å². The van der Waals surface area contributed by atoms with Crippen LogP contribution in [-0.2, 0) is 15.1 Å². The first kappa shape index (κ1) is 21.6. The minimum Gasteiger partial charge on any atom is -0.287 e. The van der Waals surface area contributed by atoms with Gasteiger partial charge in [0.05, 0.1) is 12.1 Å². The van der Waals surface area contributed by atoms with Crippen LogP contribution in [0, 0.1) is 0 Å². The van der Waals surface area contributed by atoms with Crippen LogP contribution in [-0.4, -0.2) is 35.6 Å². The van der Waals surface area contributed by atoms with Gasteiger partial charge in [-0.2, -0.15) is 13.2 Å². The van der Waals surface area contributed by atoms with E-state index in [1.165, 1.54) is 0 Å². The van der Waals surface area contributed by atoms with Gasteiger partial charge in [0, 0.05) is 0 Å². The quantitative estimate of drug-likeness (QED) is 0.600. The topological polar surface area (TPSA) is 61.4 Å². The molecule has 8 heteroatoms. The van der Waals surface area contributed by atoms with E-state index in [0.29, 0.717) is 5.01 Å².